The molecule has 200 valence electrons. The standard InChI is InChI=1S/C29H32FN3O4S/c1-18-12-21-13-26(36-2)27(37-3)14-22(21)15-33(18)29(35)24-17-38-28(31-24)20-8-10-32(11-9-20)16-25(34)19-4-6-23(30)7-5-19/h4-7,13-14,17-18,20H,8-12,15-16H2,1-3H3. The van der Waals surface area contributed by atoms with Gasteiger partial charge in [-0.05, 0) is 86.8 Å². The van der Waals surface area contributed by atoms with E-state index >= 15 is 0 Å². The van der Waals surface area contributed by atoms with E-state index in [0.29, 0.717) is 35.8 Å². The number of rotatable bonds is 7. The molecule has 0 radical (unpaired) electrons. The number of hydrogen-bond acceptors (Lipinski definition) is 7. The van der Waals surface area contributed by atoms with Crippen LogP contribution in [-0.2, 0) is 13.0 Å². The molecule has 0 bridgehead atoms. The summed E-state index contributed by atoms with van der Waals surface area (Å²) in [6.45, 7) is 4.46. The maximum Gasteiger partial charge on any atom is 0.273 e. The van der Waals surface area contributed by atoms with Gasteiger partial charge in [0, 0.05) is 29.4 Å². The number of ether oxygens (including phenoxy) is 2. The predicted octanol–water partition coefficient (Wildman–Crippen LogP) is 4.95. The Morgan fingerprint density at radius 1 is 1.05 bits per heavy atom. The average Bonchev–Trinajstić information content (AvgIpc) is 3.43. The van der Waals surface area contributed by atoms with Crippen LogP contribution in [0.2, 0.25) is 0 Å². The third-order valence-electron chi connectivity index (χ3n) is 7.57. The van der Waals surface area contributed by atoms with Crippen molar-refractivity contribution in [2.75, 3.05) is 33.9 Å². The van der Waals surface area contributed by atoms with Crippen LogP contribution >= 0.6 is 11.3 Å². The highest BCUT2D eigenvalue weighted by atomic mass is 32.1. The number of Topliss-reactive ketones (excluding diaryl/α,β-unsaturated/α-hetero) is 1. The smallest absolute Gasteiger partial charge is 0.273 e. The van der Waals surface area contributed by atoms with Crippen molar-refractivity contribution in [1.29, 1.82) is 0 Å². The van der Waals surface area contributed by atoms with Crippen LogP contribution in [0.25, 0.3) is 0 Å². The van der Waals surface area contributed by atoms with Crippen molar-refractivity contribution in [2.45, 2.75) is 44.7 Å². The zero-order valence-electron chi connectivity index (χ0n) is 21.9. The third kappa shape index (κ3) is 5.44. The monoisotopic (exact) mass is 537 g/mol. The topological polar surface area (TPSA) is 72.0 Å². The van der Waals surface area contributed by atoms with E-state index in [0.717, 1.165) is 42.9 Å². The van der Waals surface area contributed by atoms with Crippen LogP contribution < -0.4 is 9.47 Å². The molecule has 0 saturated carbocycles. The second kappa shape index (κ2) is 11.2. The van der Waals surface area contributed by atoms with Gasteiger partial charge in [-0.3, -0.25) is 14.5 Å². The Hall–Kier alpha value is -3.30. The number of fused-ring (bicyclic) bond motifs is 1. The molecule has 0 N–H and O–H groups in total. The van der Waals surface area contributed by atoms with Crippen LogP contribution in [0.4, 0.5) is 4.39 Å². The lowest BCUT2D eigenvalue weighted by Crippen LogP contribution is -2.42. The molecule has 1 aromatic heterocycles. The van der Waals surface area contributed by atoms with Crippen molar-refractivity contribution >= 4 is 23.0 Å². The second-order valence-corrected chi connectivity index (χ2v) is 10.9. The predicted molar refractivity (Wildman–Crippen MR) is 144 cm³/mol. The average molecular weight is 538 g/mol. The first kappa shape index (κ1) is 26.3. The summed E-state index contributed by atoms with van der Waals surface area (Å²) in [6, 6.07) is 9.71. The molecule has 2 aromatic carbocycles. The number of methoxy groups -OCH3 is 2. The molecule has 1 atom stereocenters. The van der Waals surface area contributed by atoms with Crippen molar-refractivity contribution in [2.24, 2.45) is 0 Å². The highest BCUT2D eigenvalue weighted by Crippen LogP contribution is 2.36. The van der Waals surface area contributed by atoms with E-state index in [-0.39, 0.29) is 29.5 Å². The van der Waals surface area contributed by atoms with Crippen LogP contribution in [0.1, 0.15) is 62.7 Å². The molecule has 1 amide bonds. The van der Waals surface area contributed by atoms with Gasteiger partial charge >= 0.3 is 0 Å². The fourth-order valence-corrected chi connectivity index (χ4v) is 6.29. The lowest BCUT2D eigenvalue weighted by atomic mass is 9.94. The number of amides is 1. The van der Waals surface area contributed by atoms with E-state index < -0.39 is 0 Å². The van der Waals surface area contributed by atoms with Crippen LogP contribution in [0, 0.1) is 5.82 Å². The number of ketones is 1. The zero-order chi connectivity index (χ0) is 26.8. The molecular weight excluding hydrogens is 505 g/mol. The molecule has 38 heavy (non-hydrogen) atoms. The summed E-state index contributed by atoms with van der Waals surface area (Å²) in [4.78, 5) is 34.8. The zero-order valence-corrected chi connectivity index (χ0v) is 22.7. The van der Waals surface area contributed by atoms with E-state index in [1.807, 2.05) is 22.4 Å². The quantitative estimate of drug-likeness (QED) is 0.397. The first-order chi connectivity index (χ1) is 18.4. The summed E-state index contributed by atoms with van der Waals surface area (Å²) < 4.78 is 24.0. The maximum absolute atomic E-state index is 13.5. The van der Waals surface area contributed by atoms with Crippen molar-refractivity contribution in [3.05, 3.63) is 75.0 Å². The van der Waals surface area contributed by atoms with E-state index in [1.54, 1.807) is 25.6 Å². The van der Waals surface area contributed by atoms with Crippen LogP contribution in [-0.4, -0.2) is 66.4 Å². The normalized spacial score (nSPS) is 18.2. The van der Waals surface area contributed by atoms with Crippen molar-refractivity contribution in [1.82, 2.24) is 14.8 Å². The fourth-order valence-electron chi connectivity index (χ4n) is 5.33. The minimum Gasteiger partial charge on any atom is -0.493 e. The van der Waals surface area contributed by atoms with Gasteiger partial charge in [0.2, 0.25) is 0 Å². The Morgan fingerprint density at radius 2 is 1.71 bits per heavy atom. The number of nitrogens with zero attached hydrogens (tertiary/aromatic N) is 3. The molecule has 3 heterocycles. The third-order valence-corrected chi connectivity index (χ3v) is 8.57. The summed E-state index contributed by atoms with van der Waals surface area (Å²) in [5.74, 6) is 1.24. The summed E-state index contributed by atoms with van der Waals surface area (Å²) >= 11 is 1.54. The molecule has 5 rings (SSSR count). The summed E-state index contributed by atoms with van der Waals surface area (Å²) in [5, 5.41) is 2.85. The number of carbonyl (C=O) groups excluding carboxylic acids is 2. The Morgan fingerprint density at radius 3 is 2.37 bits per heavy atom. The number of benzene rings is 2. The molecule has 7 nitrogen and oxygen atoms in total. The van der Waals surface area contributed by atoms with E-state index in [1.165, 1.54) is 29.8 Å². The molecule has 2 aliphatic heterocycles. The number of likely N-dealkylation sites (tertiary alicyclic amines) is 1. The summed E-state index contributed by atoms with van der Waals surface area (Å²) in [5.41, 5.74) is 3.26. The Balaban J connectivity index is 1.20. The van der Waals surface area contributed by atoms with Crippen molar-refractivity contribution < 1.29 is 23.5 Å². The van der Waals surface area contributed by atoms with Gasteiger partial charge in [0.05, 0.1) is 25.8 Å². The molecule has 1 fully saturated rings. The largest absolute Gasteiger partial charge is 0.493 e. The molecule has 3 aromatic rings. The number of thiazole rings is 1. The summed E-state index contributed by atoms with van der Waals surface area (Å²) in [6.07, 6.45) is 2.51. The van der Waals surface area contributed by atoms with E-state index in [2.05, 4.69) is 11.8 Å². The molecule has 1 saturated heterocycles. The van der Waals surface area contributed by atoms with Gasteiger partial charge in [-0.25, -0.2) is 9.37 Å². The molecule has 2 aliphatic rings. The Bertz CT molecular complexity index is 1320. The van der Waals surface area contributed by atoms with E-state index in [4.69, 9.17) is 14.5 Å². The number of aromatic nitrogens is 1. The minimum atomic E-state index is -0.343. The SMILES string of the molecule is COc1cc2c(cc1OC)CN(C(=O)c1csc(C3CCN(CC(=O)c4ccc(F)cc4)CC3)n1)C(C)C2. The van der Waals surface area contributed by atoms with Gasteiger partial charge in [-0.2, -0.15) is 0 Å². The van der Waals surface area contributed by atoms with Gasteiger partial charge in [0.25, 0.3) is 5.91 Å². The highest BCUT2D eigenvalue weighted by Gasteiger charge is 2.31. The van der Waals surface area contributed by atoms with E-state index in [9.17, 15) is 14.0 Å². The molecule has 1 unspecified atom stereocenters. The lowest BCUT2D eigenvalue weighted by Gasteiger charge is -2.35. The lowest BCUT2D eigenvalue weighted by molar-refractivity contribution is 0.0651. The van der Waals surface area contributed by atoms with Gasteiger partial charge in [-0.15, -0.1) is 11.3 Å². The first-order valence-corrected chi connectivity index (χ1v) is 13.8. The summed E-state index contributed by atoms with van der Waals surface area (Å²) in [7, 11) is 3.24. The first-order valence-electron chi connectivity index (χ1n) is 12.9. The van der Waals surface area contributed by atoms with Gasteiger partial charge < -0.3 is 14.4 Å². The molecule has 0 aliphatic carbocycles. The Kier molecular flexibility index (Phi) is 7.76. The molecule has 9 heteroatoms. The number of carbonyl (C=O) groups is 2. The van der Waals surface area contributed by atoms with Crippen molar-refractivity contribution in [3.63, 3.8) is 0 Å². The number of hydrogen-bond donors (Lipinski definition) is 0. The van der Waals surface area contributed by atoms with Gasteiger partial charge in [0.15, 0.2) is 17.3 Å². The number of piperidine rings is 1. The highest BCUT2D eigenvalue weighted by molar-refractivity contribution is 7.09. The second-order valence-electron chi connectivity index (χ2n) is 10.0. The minimum absolute atomic E-state index is 0.00105. The van der Waals surface area contributed by atoms with Crippen LogP contribution in [0.3, 0.4) is 0 Å². The van der Waals surface area contributed by atoms with Gasteiger partial charge in [-0.1, -0.05) is 0 Å². The fraction of sp³-hybridized carbons (Fsp3) is 0.414. The maximum atomic E-state index is 13.5. The van der Waals surface area contributed by atoms with Crippen LogP contribution in [0.15, 0.2) is 41.8 Å². The molecular formula is C29H32FN3O4S. The van der Waals surface area contributed by atoms with Crippen molar-refractivity contribution in [3.8, 4) is 11.5 Å². The van der Waals surface area contributed by atoms with Crippen LogP contribution in [0.5, 0.6) is 11.5 Å². The van der Waals surface area contributed by atoms with Gasteiger partial charge in [0.1, 0.15) is 11.5 Å². The number of halogens is 1. The Labute approximate surface area is 226 Å². The molecule has 0 spiro atoms.